The molecule has 0 bridgehead atoms. The molecule has 2 aromatic carbocycles. The summed E-state index contributed by atoms with van der Waals surface area (Å²) in [5, 5.41) is 0. The maximum absolute atomic E-state index is 12.6. The van der Waals surface area contributed by atoms with Crippen molar-refractivity contribution < 1.29 is 23.9 Å². The molecule has 1 heterocycles. The molecule has 1 aliphatic rings. The molecule has 0 spiro atoms. The predicted octanol–water partition coefficient (Wildman–Crippen LogP) is 3.56. The van der Waals surface area contributed by atoms with Crippen LogP contribution in [0.15, 0.2) is 48.5 Å². The third-order valence-electron chi connectivity index (χ3n) is 4.91. The number of esters is 1. The second kappa shape index (κ2) is 8.90. The van der Waals surface area contributed by atoms with Crippen LogP contribution in [0.5, 0.6) is 5.75 Å². The summed E-state index contributed by atoms with van der Waals surface area (Å²) in [6.45, 7) is 6.04. The van der Waals surface area contributed by atoms with Crippen LogP contribution in [0.3, 0.4) is 0 Å². The van der Waals surface area contributed by atoms with E-state index in [1.54, 1.807) is 36.1 Å². The van der Waals surface area contributed by atoms with Gasteiger partial charge in [-0.15, -0.1) is 0 Å². The van der Waals surface area contributed by atoms with E-state index >= 15 is 0 Å². The Balaban J connectivity index is 1.66. The predicted molar refractivity (Wildman–Crippen MR) is 109 cm³/mol. The minimum atomic E-state index is -0.912. The Morgan fingerprint density at radius 2 is 1.83 bits per heavy atom. The Bertz CT molecular complexity index is 906. The second-order valence-electron chi connectivity index (χ2n) is 7.12. The maximum atomic E-state index is 12.6. The monoisotopic (exact) mass is 395 g/mol. The molecule has 1 aliphatic heterocycles. The van der Waals surface area contributed by atoms with Crippen LogP contribution in [-0.2, 0) is 14.3 Å². The summed E-state index contributed by atoms with van der Waals surface area (Å²) in [6.07, 6.45) is -0.866. The van der Waals surface area contributed by atoms with Crippen molar-refractivity contribution in [2.45, 2.75) is 33.3 Å². The molecule has 0 N–H and O–H groups in total. The van der Waals surface area contributed by atoms with Crippen LogP contribution < -0.4 is 9.64 Å². The Morgan fingerprint density at radius 1 is 1.14 bits per heavy atom. The summed E-state index contributed by atoms with van der Waals surface area (Å²) in [6, 6.07) is 14.3. The largest absolute Gasteiger partial charge is 0.492 e. The van der Waals surface area contributed by atoms with Crippen LogP contribution in [0.2, 0.25) is 0 Å². The lowest BCUT2D eigenvalue weighted by molar-refractivity contribution is -0.151. The van der Waals surface area contributed by atoms with Gasteiger partial charge in [0, 0.05) is 18.5 Å². The van der Waals surface area contributed by atoms with Crippen LogP contribution in [0.25, 0.3) is 0 Å². The molecule has 6 heteroatoms. The summed E-state index contributed by atoms with van der Waals surface area (Å²) in [4.78, 5) is 39.2. The first-order chi connectivity index (χ1) is 13.9. The van der Waals surface area contributed by atoms with E-state index in [-0.39, 0.29) is 24.7 Å². The highest BCUT2D eigenvalue weighted by molar-refractivity contribution is 6.02. The molecule has 2 atom stereocenters. The number of ketones is 1. The van der Waals surface area contributed by atoms with Crippen molar-refractivity contribution in [1.29, 1.82) is 0 Å². The molecule has 3 rings (SSSR count). The molecule has 0 saturated carbocycles. The number of amides is 1. The molecule has 0 aromatic heterocycles. The van der Waals surface area contributed by atoms with Gasteiger partial charge < -0.3 is 14.4 Å². The van der Waals surface area contributed by atoms with E-state index in [4.69, 9.17) is 9.47 Å². The third-order valence-corrected chi connectivity index (χ3v) is 4.91. The average Bonchev–Trinajstić information content (AvgIpc) is 3.10. The molecular weight excluding hydrogens is 370 g/mol. The molecule has 0 radical (unpaired) electrons. The molecule has 6 nitrogen and oxygen atoms in total. The normalized spacial score (nSPS) is 17.1. The summed E-state index contributed by atoms with van der Waals surface area (Å²) >= 11 is 0. The highest BCUT2D eigenvalue weighted by Gasteiger charge is 2.38. The van der Waals surface area contributed by atoms with Gasteiger partial charge in [-0.1, -0.05) is 42.0 Å². The smallest absolute Gasteiger partial charge is 0.312 e. The molecule has 2 aromatic rings. The van der Waals surface area contributed by atoms with E-state index in [0.717, 1.165) is 5.56 Å². The van der Waals surface area contributed by atoms with Crippen molar-refractivity contribution in [1.82, 2.24) is 0 Å². The Hall–Kier alpha value is -3.15. The SMILES string of the molecule is CCOc1ccccc1N1C[C@H](C(=O)O[C@@H](C)C(=O)c2ccc(C)cc2)CC1=O. The van der Waals surface area contributed by atoms with Gasteiger partial charge in [-0.25, -0.2) is 0 Å². The zero-order valence-electron chi connectivity index (χ0n) is 16.9. The number of ether oxygens (including phenoxy) is 2. The van der Waals surface area contributed by atoms with Crippen molar-refractivity contribution in [2.24, 2.45) is 5.92 Å². The van der Waals surface area contributed by atoms with E-state index in [1.165, 1.54) is 0 Å². The van der Waals surface area contributed by atoms with Gasteiger partial charge in [0.25, 0.3) is 0 Å². The number of nitrogens with zero attached hydrogens (tertiary/aromatic N) is 1. The van der Waals surface area contributed by atoms with Crippen LogP contribution in [0, 0.1) is 12.8 Å². The fourth-order valence-corrected chi connectivity index (χ4v) is 3.33. The van der Waals surface area contributed by atoms with E-state index in [0.29, 0.717) is 23.6 Å². The highest BCUT2D eigenvalue weighted by atomic mass is 16.5. The number of Topliss-reactive ketones (excluding diaryl/α,β-unsaturated/α-hetero) is 1. The Labute approximate surface area is 170 Å². The fraction of sp³-hybridized carbons (Fsp3) is 0.348. The molecule has 0 aliphatic carbocycles. The molecule has 152 valence electrons. The van der Waals surface area contributed by atoms with E-state index in [1.807, 2.05) is 38.1 Å². The Kier molecular flexibility index (Phi) is 6.32. The topological polar surface area (TPSA) is 72.9 Å². The first-order valence-corrected chi connectivity index (χ1v) is 9.74. The van der Waals surface area contributed by atoms with Crippen molar-refractivity contribution >= 4 is 23.3 Å². The minimum absolute atomic E-state index is 0.0464. The summed E-state index contributed by atoms with van der Waals surface area (Å²) in [7, 11) is 0. The molecule has 29 heavy (non-hydrogen) atoms. The number of carbonyl (C=O) groups excluding carboxylic acids is 3. The van der Waals surface area contributed by atoms with Gasteiger partial charge in [-0.3, -0.25) is 14.4 Å². The Morgan fingerprint density at radius 3 is 2.52 bits per heavy atom. The van der Waals surface area contributed by atoms with Crippen LogP contribution >= 0.6 is 0 Å². The minimum Gasteiger partial charge on any atom is -0.492 e. The molecule has 1 amide bonds. The van der Waals surface area contributed by atoms with Crippen molar-refractivity contribution in [2.75, 3.05) is 18.1 Å². The first-order valence-electron chi connectivity index (χ1n) is 9.74. The summed E-state index contributed by atoms with van der Waals surface area (Å²) in [5.41, 5.74) is 2.17. The standard InChI is InChI=1S/C23H25NO5/c1-4-28-20-8-6-5-7-19(20)24-14-18(13-21(24)25)23(27)29-16(3)22(26)17-11-9-15(2)10-12-17/h5-12,16,18H,4,13-14H2,1-3H3/t16-,18+/m0/s1. The number of rotatable bonds is 7. The highest BCUT2D eigenvalue weighted by Crippen LogP contribution is 2.33. The van der Waals surface area contributed by atoms with E-state index in [2.05, 4.69) is 0 Å². The summed E-state index contributed by atoms with van der Waals surface area (Å²) < 4.78 is 11.0. The first kappa shape index (κ1) is 20.6. The number of hydrogen-bond acceptors (Lipinski definition) is 5. The van der Waals surface area contributed by atoms with Crippen molar-refractivity contribution in [3.63, 3.8) is 0 Å². The number of para-hydroxylation sites is 2. The number of anilines is 1. The summed E-state index contributed by atoms with van der Waals surface area (Å²) in [5.74, 6) is -0.994. The van der Waals surface area contributed by atoms with Crippen LogP contribution in [-0.4, -0.2) is 36.9 Å². The lowest BCUT2D eigenvalue weighted by Gasteiger charge is -2.20. The zero-order chi connectivity index (χ0) is 21.0. The van der Waals surface area contributed by atoms with E-state index < -0.39 is 18.0 Å². The van der Waals surface area contributed by atoms with Crippen LogP contribution in [0.1, 0.15) is 36.2 Å². The van der Waals surface area contributed by atoms with Gasteiger partial charge in [0.1, 0.15) is 5.75 Å². The second-order valence-corrected chi connectivity index (χ2v) is 7.12. The van der Waals surface area contributed by atoms with E-state index in [9.17, 15) is 14.4 Å². The number of aryl methyl sites for hydroxylation is 1. The molecule has 0 unspecified atom stereocenters. The quantitative estimate of drug-likeness (QED) is 0.529. The molecule has 1 saturated heterocycles. The zero-order valence-corrected chi connectivity index (χ0v) is 16.9. The fourth-order valence-electron chi connectivity index (χ4n) is 3.33. The van der Waals surface area contributed by atoms with Gasteiger partial charge in [0.05, 0.1) is 18.2 Å². The van der Waals surface area contributed by atoms with Crippen LogP contribution in [0.4, 0.5) is 5.69 Å². The van der Waals surface area contributed by atoms with Gasteiger partial charge >= 0.3 is 5.97 Å². The maximum Gasteiger partial charge on any atom is 0.312 e. The molecule has 1 fully saturated rings. The van der Waals surface area contributed by atoms with Gasteiger partial charge in [-0.2, -0.15) is 0 Å². The number of benzene rings is 2. The molecular formula is C23H25NO5. The van der Waals surface area contributed by atoms with Gasteiger partial charge in [-0.05, 0) is 32.9 Å². The van der Waals surface area contributed by atoms with Gasteiger partial charge in [0.15, 0.2) is 6.10 Å². The third kappa shape index (κ3) is 4.65. The van der Waals surface area contributed by atoms with Gasteiger partial charge in [0.2, 0.25) is 11.7 Å². The average molecular weight is 395 g/mol. The van der Waals surface area contributed by atoms with Crippen molar-refractivity contribution in [3.05, 3.63) is 59.7 Å². The lowest BCUT2D eigenvalue weighted by atomic mass is 10.1. The number of hydrogen-bond donors (Lipinski definition) is 0. The van der Waals surface area contributed by atoms with Crippen molar-refractivity contribution in [3.8, 4) is 5.75 Å². The lowest BCUT2D eigenvalue weighted by Crippen LogP contribution is -2.30. The number of carbonyl (C=O) groups is 3.